The Hall–Kier alpha value is -3.76. The zero-order valence-corrected chi connectivity index (χ0v) is 20.7. The lowest BCUT2D eigenvalue weighted by atomic mass is 9.97. The lowest BCUT2D eigenvalue weighted by Gasteiger charge is -2.28. The van der Waals surface area contributed by atoms with Crippen LogP contribution in [0.2, 0.25) is 0 Å². The molecule has 178 valence electrons. The van der Waals surface area contributed by atoms with Crippen molar-refractivity contribution in [3.05, 3.63) is 81.5 Å². The first-order valence-corrected chi connectivity index (χ1v) is 12.0. The van der Waals surface area contributed by atoms with E-state index in [9.17, 15) is 10.1 Å². The van der Waals surface area contributed by atoms with Crippen LogP contribution in [0.5, 0.6) is 0 Å². The molecule has 7 nitrogen and oxygen atoms in total. The van der Waals surface area contributed by atoms with Crippen molar-refractivity contribution in [2.75, 3.05) is 6.54 Å². The molecule has 0 spiro atoms. The predicted molar refractivity (Wildman–Crippen MR) is 137 cm³/mol. The van der Waals surface area contributed by atoms with Crippen LogP contribution in [0.4, 0.5) is 0 Å². The monoisotopic (exact) mass is 466 g/mol. The maximum atomic E-state index is 12.9. The summed E-state index contributed by atoms with van der Waals surface area (Å²) in [4.78, 5) is 24.4. The smallest absolute Gasteiger partial charge is 0.294 e. The summed E-state index contributed by atoms with van der Waals surface area (Å²) in [5.41, 5.74) is 7.20. The number of imidazole rings is 1. The molecule has 0 aliphatic carbocycles. The van der Waals surface area contributed by atoms with Crippen LogP contribution in [0.15, 0.2) is 53.6 Å². The highest BCUT2D eigenvalue weighted by Gasteiger charge is 2.20. The average Bonchev–Trinajstić information content (AvgIpc) is 3.07. The minimum absolute atomic E-state index is 0.0371. The number of fused-ring (bicyclic) bond motifs is 2. The Balaban J connectivity index is 1.49. The van der Waals surface area contributed by atoms with E-state index in [1.807, 2.05) is 36.7 Å². The van der Waals surface area contributed by atoms with E-state index < -0.39 is 0 Å². The van der Waals surface area contributed by atoms with Crippen molar-refractivity contribution in [3.8, 4) is 17.3 Å². The van der Waals surface area contributed by atoms with E-state index in [-0.39, 0.29) is 11.1 Å². The normalized spacial score (nSPS) is 14.1. The fourth-order valence-electron chi connectivity index (χ4n) is 4.88. The maximum Gasteiger partial charge on any atom is 0.330 e. The number of hydrogen-bond acceptors (Lipinski definition) is 5. The number of aryl methyl sites for hydroxylation is 1. The minimum Gasteiger partial charge on any atom is -0.294 e. The fraction of sp³-hybridized carbons (Fsp3) is 0.357. The quantitative estimate of drug-likeness (QED) is 0.449. The van der Waals surface area contributed by atoms with Gasteiger partial charge in [-0.3, -0.25) is 19.0 Å². The van der Waals surface area contributed by atoms with E-state index in [1.165, 1.54) is 11.1 Å². The number of nitrogens with zero attached hydrogens (tertiary/aromatic N) is 6. The third-order valence-corrected chi connectivity index (χ3v) is 6.60. The molecule has 0 saturated carbocycles. The van der Waals surface area contributed by atoms with Crippen LogP contribution in [0.3, 0.4) is 0 Å². The Labute approximate surface area is 205 Å². The molecule has 4 heterocycles. The number of benzene rings is 1. The summed E-state index contributed by atoms with van der Waals surface area (Å²) >= 11 is 0. The zero-order chi connectivity index (χ0) is 24.7. The van der Waals surface area contributed by atoms with Gasteiger partial charge in [0.05, 0.1) is 22.8 Å². The van der Waals surface area contributed by atoms with Gasteiger partial charge in [-0.15, -0.1) is 0 Å². The van der Waals surface area contributed by atoms with Crippen molar-refractivity contribution in [1.29, 1.82) is 5.26 Å². The molecule has 0 unspecified atom stereocenters. The van der Waals surface area contributed by atoms with Gasteiger partial charge < -0.3 is 0 Å². The number of hydrogen-bond donors (Lipinski definition) is 0. The number of pyridine rings is 2. The van der Waals surface area contributed by atoms with E-state index in [0.717, 1.165) is 42.7 Å². The molecule has 1 aliphatic heterocycles. The SMILES string of the molecule is Cn1c(=O)n(CC(C)(C)C)c2ccc(-c3cc(CN4CCc5cnccc5C4)ccc3C#N)nc21. The summed E-state index contributed by atoms with van der Waals surface area (Å²) in [6, 6.07) is 14.3. The van der Waals surface area contributed by atoms with Gasteiger partial charge in [0.2, 0.25) is 0 Å². The molecule has 0 bridgehead atoms. The van der Waals surface area contributed by atoms with Crippen molar-refractivity contribution in [2.45, 2.75) is 46.8 Å². The minimum atomic E-state index is -0.0746. The Bertz CT molecular complexity index is 1520. The fourth-order valence-corrected chi connectivity index (χ4v) is 4.88. The van der Waals surface area contributed by atoms with Gasteiger partial charge in [0, 0.05) is 51.2 Å². The Morgan fingerprint density at radius 1 is 1.11 bits per heavy atom. The molecule has 0 N–H and O–H groups in total. The summed E-state index contributed by atoms with van der Waals surface area (Å²) < 4.78 is 3.39. The summed E-state index contributed by atoms with van der Waals surface area (Å²) in [7, 11) is 1.76. The Kier molecular flexibility index (Phi) is 5.78. The second-order valence-electron chi connectivity index (χ2n) is 10.6. The summed E-state index contributed by atoms with van der Waals surface area (Å²) in [6.07, 6.45) is 4.81. The van der Waals surface area contributed by atoms with Gasteiger partial charge in [0.1, 0.15) is 0 Å². The van der Waals surface area contributed by atoms with Gasteiger partial charge in [0.25, 0.3) is 0 Å². The summed E-state index contributed by atoms with van der Waals surface area (Å²) in [5.74, 6) is 0. The molecule has 5 rings (SSSR count). The number of aromatic nitrogens is 4. The first kappa shape index (κ1) is 23.0. The van der Waals surface area contributed by atoms with E-state index >= 15 is 0 Å². The van der Waals surface area contributed by atoms with Crippen LogP contribution >= 0.6 is 0 Å². The highest BCUT2D eigenvalue weighted by atomic mass is 16.1. The maximum absolute atomic E-state index is 12.9. The third kappa shape index (κ3) is 4.50. The highest BCUT2D eigenvalue weighted by Crippen LogP contribution is 2.28. The van der Waals surface area contributed by atoms with Gasteiger partial charge in [-0.2, -0.15) is 5.26 Å². The highest BCUT2D eigenvalue weighted by molar-refractivity contribution is 5.78. The largest absolute Gasteiger partial charge is 0.330 e. The van der Waals surface area contributed by atoms with Crippen molar-refractivity contribution in [1.82, 2.24) is 24.0 Å². The predicted octanol–water partition coefficient (Wildman–Crippen LogP) is 4.27. The van der Waals surface area contributed by atoms with Gasteiger partial charge in [-0.25, -0.2) is 9.78 Å². The molecule has 0 radical (unpaired) electrons. The zero-order valence-electron chi connectivity index (χ0n) is 20.7. The van der Waals surface area contributed by atoms with Crippen molar-refractivity contribution >= 4 is 11.2 Å². The van der Waals surface area contributed by atoms with Gasteiger partial charge in [0.15, 0.2) is 5.65 Å². The second kappa shape index (κ2) is 8.79. The first-order chi connectivity index (χ1) is 16.7. The van der Waals surface area contributed by atoms with E-state index in [0.29, 0.717) is 23.4 Å². The molecular weight excluding hydrogens is 436 g/mol. The van der Waals surface area contributed by atoms with E-state index in [1.54, 1.807) is 16.2 Å². The van der Waals surface area contributed by atoms with Crippen molar-refractivity contribution in [3.63, 3.8) is 0 Å². The third-order valence-electron chi connectivity index (χ3n) is 6.60. The molecule has 7 heteroatoms. The topological polar surface area (TPSA) is 79.7 Å². The summed E-state index contributed by atoms with van der Waals surface area (Å²) in [5, 5.41) is 9.79. The molecule has 1 aliphatic rings. The lowest BCUT2D eigenvalue weighted by Crippen LogP contribution is -2.30. The first-order valence-electron chi connectivity index (χ1n) is 12.0. The standard InChI is InChI=1S/C28H30N6O/c1-28(2,3)18-34-25-8-7-24(31-26(25)32(4)27(34)35)23-13-19(5-6-20(23)14-29)16-33-12-10-21-15-30-11-9-22(21)17-33/h5-9,11,13,15H,10,12,16-18H2,1-4H3. The van der Waals surface area contributed by atoms with Crippen LogP contribution in [0.1, 0.15) is 43.0 Å². The lowest BCUT2D eigenvalue weighted by molar-refractivity contribution is 0.245. The molecule has 0 amide bonds. The molecular formula is C28H30N6O. The summed E-state index contributed by atoms with van der Waals surface area (Å²) in [6.45, 7) is 9.61. The van der Waals surface area contributed by atoms with Crippen LogP contribution in [0.25, 0.3) is 22.4 Å². The Morgan fingerprint density at radius 3 is 2.71 bits per heavy atom. The van der Waals surface area contributed by atoms with Crippen LogP contribution in [-0.2, 0) is 33.1 Å². The van der Waals surface area contributed by atoms with E-state index in [2.05, 4.69) is 48.9 Å². The van der Waals surface area contributed by atoms with Gasteiger partial charge >= 0.3 is 5.69 Å². The second-order valence-corrected chi connectivity index (χ2v) is 10.6. The number of nitriles is 1. The van der Waals surface area contributed by atoms with Crippen LogP contribution < -0.4 is 5.69 Å². The molecule has 35 heavy (non-hydrogen) atoms. The van der Waals surface area contributed by atoms with Crippen molar-refractivity contribution < 1.29 is 0 Å². The average molecular weight is 467 g/mol. The Morgan fingerprint density at radius 2 is 1.94 bits per heavy atom. The van der Waals surface area contributed by atoms with Gasteiger partial charge in [-0.1, -0.05) is 26.8 Å². The number of rotatable bonds is 4. The molecule has 0 saturated heterocycles. The molecule has 1 aromatic carbocycles. The molecule has 0 fully saturated rings. The van der Waals surface area contributed by atoms with Crippen LogP contribution in [-0.4, -0.2) is 30.5 Å². The van der Waals surface area contributed by atoms with E-state index in [4.69, 9.17) is 4.98 Å². The van der Waals surface area contributed by atoms with Crippen LogP contribution in [0, 0.1) is 16.7 Å². The molecule has 3 aromatic heterocycles. The van der Waals surface area contributed by atoms with Gasteiger partial charge in [-0.05, 0) is 58.9 Å². The molecule has 0 atom stereocenters. The molecule has 4 aromatic rings. The van der Waals surface area contributed by atoms with Crippen molar-refractivity contribution in [2.24, 2.45) is 12.5 Å².